The fourth-order valence-corrected chi connectivity index (χ4v) is 2.29. The summed E-state index contributed by atoms with van der Waals surface area (Å²) in [6, 6.07) is 6.41. The van der Waals surface area contributed by atoms with Crippen LogP contribution in [0, 0.1) is 12.7 Å². The van der Waals surface area contributed by atoms with Gasteiger partial charge in [0.15, 0.2) is 0 Å². The molecule has 2 nitrogen and oxygen atoms in total. The van der Waals surface area contributed by atoms with Crippen molar-refractivity contribution in [1.82, 2.24) is 0 Å². The smallest absolute Gasteiger partial charge is 0.125 e. The molecule has 0 fully saturated rings. The zero-order valence-electron chi connectivity index (χ0n) is 8.96. The summed E-state index contributed by atoms with van der Waals surface area (Å²) in [6.07, 6.45) is 0. The lowest BCUT2D eigenvalue weighted by atomic mass is 10.2. The molecule has 1 aromatic carbocycles. The molecule has 2 rings (SSSR count). The van der Waals surface area contributed by atoms with Crippen molar-refractivity contribution in [3.05, 3.63) is 45.9 Å². The third-order valence-electron chi connectivity index (χ3n) is 2.42. The summed E-state index contributed by atoms with van der Waals surface area (Å²) in [7, 11) is 0. The van der Waals surface area contributed by atoms with Gasteiger partial charge in [-0.1, -0.05) is 0 Å². The van der Waals surface area contributed by atoms with Gasteiger partial charge in [0.1, 0.15) is 5.82 Å². The van der Waals surface area contributed by atoms with E-state index in [0.717, 1.165) is 0 Å². The summed E-state index contributed by atoms with van der Waals surface area (Å²) in [4.78, 5) is 1.24. The van der Waals surface area contributed by atoms with Crippen LogP contribution in [0.4, 0.5) is 15.8 Å². The van der Waals surface area contributed by atoms with Crippen LogP contribution in [0.3, 0.4) is 0 Å². The second kappa shape index (κ2) is 4.53. The monoisotopic (exact) mass is 236 g/mol. The molecule has 0 saturated carbocycles. The fourth-order valence-electron chi connectivity index (χ4n) is 1.44. The first-order chi connectivity index (χ1) is 7.66. The van der Waals surface area contributed by atoms with E-state index in [0.29, 0.717) is 17.9 Å². The normalized spacial score (nSPS) is 10.4. The highest BCUT2D eigenvalue weighted by molar-refractivity contribution is 7.10. The maximum Gasteiger partial charge on any atom is 0.125 e. The predicted octanol–water partition coefficient (Wildman–Crippen LogP) is 3.39. The zero-order chi connectivity index (χ0) is 11.5. The number of benzene rings is 1. The topological polar surface area (TPSA) is 38.0 Å². The molecule has 0 aliphatic carbocycles. The van der Waals surface area contributed by atoms with Crippen molar-refractivity contribution in [2.75, 3.05) is 11.1 Å². The number of nitrogens with one attached hydrogen (secondary N) is 1. The Bertz CT molecular complexity index is 494. The number of nitrogen functional groups attached to an aromatic ring is 1. The molecule has 2 aromatic rings. The SMILES string of the molecule is Cc1ccsc1CNc1cc(F)ccc1N. The van der Waals surface area contributed by atoms with Gasteiger partial charge in [-0.05, 0) is 42.1 Å². The number of hydrogen-bond donors (Lipinski definition) is 2. The van der Waals surface area contributed by atoms with Crippen LogP contribution >= 0.6 is 11.3 Å². The van der Waals surface area contributed by atoms with Gasteiger partial charge >= 0.3 is 0 Å². The van der Waals surface area contributed by atoms with Crippen molar-refractivity contribution in [3.63, 3.8) is 0 Å². The Balaban J connectivity index is 2.10. The first-order valence-electron chi connectivity index (χ1n) is 4.98. The number of thiophene rings is 1. The fraction of sp³-hybridized carbons (Fsp3) is 0.167. The lowest BCUT2D eigenvalue weighted by Gasteiger charge is -2.08. The van der Waals surface area contributed by atoms with Crippen LogP contribution in [0.25, 0.3) is 0 Å². The number of hydrogen-bond acceptors (Lipinski definition) is 3. The Morgan fingerprint density at radius 1 is 1.38 bits per heavy atom. The van der Waals surface area contributed by atoms with Crippen LogP contribution < -0.4 is 11.1 Å². The standard InChI is InChI=1S/C12H13FN2S/c1-8-4-5-16-12(8)7-15-11-6-9(13)2-3-10(11)14/h2-6,15H,7,14H2,1H3. The second-order valence-corrected chi connectivity index (χ2v) is 4.61. The van der Waals surface area contributed by atoms with Gasteiger partial charge in [-0.25, -0.2) is 4.39 Å². The summed E-state index contributed by atoms with van der Waals surface area (Å²) in [5.41, 5.74) is 8.20. The van der Waals surface area contributed by atoms with E-state index in [9.17, 15) is 4.39 Å². The van der Waals surface area contributed by atoms with Crippen LogP contribution in [0.5, 0.6) is 0 Å². The predicted molar refractivity (Wildman–Crippen MR) is 67.2 cm³/mol. The summed E-state index contributed by atoms with van der Waals surface area (Å²) < 4.78 is 13.0. The third kappa shape index (κ3) is 2.33. The summed E-state index contributed by atoms with van der Waals surface area (Å²) in [5, 5.41) is 5.19. The van der Waals surface area contributed by atoms with Crippen molar-refractivity contribution in [1.29, 1.82) is 0 Å². The molecule has 3 N–H and O–H groups in total. The van der Waals surface area contributed by atoms with Crippen molar-refractivity contribution in [2.24, 2.45) is 0 Å². The van der Waals surface area contributed by atoms with Gasteiger partial charge in [0.05, 0.1) is 11.4 Å². The van der Waals surface area contributed by atoms with Crippen molar-refractivity contribution >= 4 is 22.7 Å². The molecule has 1 heterocycles. The van der Waals surface area contributed by atoms with Crippen LogP contribution in [0.15, 0.2) is 29.6 Å². The molecule has 0 spiro atoms. The Labute approximate surface area is 97.9 Å². The highest BCUT2D eigenvalue weighted by Gasteiger charge is 2.03. The molecular formula is C12H13FN2S. The van der Waals surface area contributed by atoms with E-state index in [2.05, 4.69) is 18.3 Å². The van der Waals surface area contributed by atoms with Crippen molar-refractivity contribution in [3.8, 4) is 0 Å². The Morgan fingerprint density at radius 3 is 2.88 bits per heavy atom. The highest BCUT2D eigenvalue weighted by atomic mass is 32.1. The van der Waals surface area contributed by atoms with Gasteiger partial charge in [-0.15, -0.1) is 11.3 Å². The van der Waals surface area contributed by atoms with Crippen LogP contribution in [0.1, 0.15) is 10.4 Å². The summed E-state index contributed by atoms with van der Waals surface area (Å²) >= 11 is 1.68. The minimum absolute atomic E-state index is 0.278. The number of aryl methyl sites for hydroxylation is 1. The third-order valence-corrected chi connectivity index (χ3v) is 3.45. The lowest BCUT2D eigenvalue weighted by molar-refractivity contribution is 0.628. The van der Waals surface area contributed by atoms with Crippen molar-refractivity contribution < 1.29 is 4.39 Å². The molecule has 16 heavy (non-hydrogen) atoms. The van der Waals surface area contributed by atoms with Crippen LogP contribution in [0.2, 0.25) is 0 Å². The Kier molecular flexibility index (Phi) is 3.10. The molecule has 1 aromatic heterocycles. The van der Waals surface area contributed by atoms with Gasteiger partial charge in [-0.2, -0.15) is 0 Å². The maximum atomic E-state index is 13.0. The number of rotatable bonds is 3. The molecule has 0 atom stereocenters. The van der Waals surface area contributed by atoms with Gasteiger partial charge in [0, 0.05) is 11.4 Å². The number of halogens is 1. The second-order valence-electron chi connectivity index (χ2n) is 3.61. The van der Waals surface area contributed by atoms with E-state index in [1.165, 1.54) is 22.6 Å². The lowest BCUT2D eigenvalue weighted by Crippen LogP contribution is -2.02. The molecule has 0 bridgehead atoms. The van der Waals surface area contributed by atoms with E-state index >= 15 is 0 Å². The molecule has 0 saturated heterocycles. The largest absolute Gasteiger partial charge is 0.397 e. The molecule has 84 valence electrons. The number of nitrogens with two attached hydrogens (primary N) is 1. The zero-order valence-corrected chi connectivity index (χ0v) is 9.77. The van der Waals surface area contributed by atoms with E-state index in [-0.39, 0.29) is 5.82 Å². The number of anilines is 2. The molecule has 0 radical (unpaired) electrons. The maximum absolute atomic E-state index is 13.0. The van der Waals surface area contributed by atoms with Crippen molar-refractivity contribution in [2.45, 2.75) is 13.5 Å². The minimum atomic E-state index is -0.278. The molecule has 0 aliphatic heterocycles. The first kappa shape index (κ1) is 11.0. The Morgan fingerprint density at radius 2 is 2.19 bits per heavy atom. The van der Waals surface area contributed by atoms with E-state index < -0.39 is 0 Å². The average molecular weight is 236 g/mol. The van der Waals surface area contributed by atoms with Crippen LogP contribution in [-0.2, 0) is 6.54 Å². The minimum Gasteiger partial charge on any atom is -0.397 e. The molecule has 4 heteroatoms. The van der Waals surface area contributed by atoms with Gasteiger partial charge in [0.2, 0.25) is 0 Å². The van der Waals surface area contributed by atoms with Gasteiger partial charge in [0.25, 0.3) is 0 Å². The highest BCUT2D eigenvalue weighted by Crippen LogP contribution is 2.22. The summed E-state index contributed by atoms with van der Waals surface area (Å²) in [5.74, 6) is -0.278. The van der Waals surface area contributed by atoms with E-state index in [1.807, 2.05) is 5.38 Å². The molecular weight excluding hydrogens is 223 g/mol. The Hall–Kier alpha value is -1.55. The average Bonchev–Trinajstić information content (AvgIpc) is 2.66. The van der Waals surface area contributed by atoms with E-state index in [4.69, 9.17) is 5.73 Å². The summed E-state index contributed by atoms with van der Waals surface area (Å²) in [6.45, 7) is 2.74. The molecule has 0 aliphatic rings. The van der Waals surface area contributed by atoms with Gasteiger partial charge in [-0.3, -0.25) is 0 Å². The quantitative estimate of drug-likeness (QED) is 0.802. The van der Waals surface area contributed by atoms with Gasteiger partial charge < -0.3 is 11.1 Å². The first-order valence-corrected chi connectivity index (χ1v) is 5.86. The van der Waals surface area contributed by atoms with Crippen LogP contribution in [-0.4, -0.2) is 0 Å². The van der Waals surface area contributed by atoms with E-state index in [1.54, 1.807) is 17.4 Å². The molecule has 0 unspecified atom stereocenters. The molecule has 0 amide bonds.